The van der Waals surface area contributed by atoms with Gasteiger partial charge >= 0.3 is 0 Å². The van der Waals surface area contributed by atoms with E-state index >= 15 is 0 Å². The predicted molar refractivity (Wildman–Crippen MR) is 126 cm³/mol. The lowest BCUT2D eigenvalue weighted by Gasteiger charge is -2.26. The largest absolute Gasteiger partial charge is 0.497 e. The van der Waals surface area contributed by atoms with Crippen LogP contribution in [0.15, 0.2) is 47.6 Å². The second-order valence-electron chi connectivity index (χ2n) is 6.74. The molecule has 170 valence electrons. The average molecular weight is 459 g/mol. The average Bonchev–Trinajstić information content (AvgIpc) is 2.83. The molecule has 2 aromatic rings. The molecule has 0 unspecified atom stereocenters. The Hall–Kier alpha value is -3.37. The lowest BCUT2D eigenvalue weighted by atomic mass is 10.2. The van der Waals surface area contributed by atoms with Crippen molar-refractivity contribution < 1.29 is 23.7 Å². The second-order valence-corrected chi connectivity index (χ2v) is 7.15. The van der Waals surface area contributed by atoms with Gasteiger partial charge in [-0.15, -0.1) is 0 Å². The summed E-state index contributed by atoms with van der Waals surface area (Å²) in [5, 5.41) is 7.51. The Balaban J connectivity index is 1.51. The summed E-state index contributed by atoms with van der Waals surface area (Å²) in [6.45, 7) is 2.21. The number of hydrogen-bond donors (Lipinski definition) is 2. The molecular formula is C22H26N4O5S. The van der Waals surface area contributed by atoms with E-state index in [0.717, 1.165) is 17.0 Å². The molecule has 1 heterocycles. The van der Waals surface area contributed by atoms with Crippen molar-refractivity contribution in [1.82, 2.24) is 10.3 Å². The number of carbonyl (C=O) groups excluding carboxylic acids is 1. The van der Waals surface area contributed by atoms with Crippen LogP contribution < -0.4 is 25.0 Å². The zero-order valence-electron chi connectivity index (χ0n) is 18.0. The molecule has 3 rings (SSSR count). The molecule has 1 amide bonds. The molecule has 0 aromatic heterocycles. The number of thiocarbonyl (C=S) groups is 1. The van der Waals surface area contributed by atoms with Gasteiger partial charge in [0.2, 0.25) is 0 Å². The van der Waals surface area contributed by atoms with Crippen molar-refractivity contribution in [3.63, 3.8) is 0 Å². The molecule has 1 fully saturated rings. The van der Waals surface area contributed by atoms with Gasteiger partial charge in [0.05, 0.1) is 33.6 Å². The highest BCUT2D eigenvalue weighted by Crippen LogP contribution is 2.27. The lowest BCUT2D eigenvalue weighted by Crippen LogP contribution is -2.43. The monoisotopic (exact) mass is 458 g/mol. The van der Waals surface area contributed by atoms with Crippen LogP contribution in [0.2, 0.25) is 0 Å². The minimum Gasteiger partial charge on any atom is -0.497 e. The molecule has 0 bridgehead atoms. The van der Waals surface area contributed by atoms with Gasteiger partial charge in [0.1, 0.15) is 5.75 Å². The van der Waals surface area contributed by atoms with Gasteiger partial charge in [-0.2, -0.15) is 5.10 Å². The number of nitrogens with one attached hydrogen (secondary N) is 2. The molecular weight excluding hydrogens is 432 g/mol. The van der Waals surface area contributed by atoms with Crippen LogP contribution in [0.5, 0.6) is 17.2 Å². The summed E-state index contributed by atoms with van der Waals surface area (Å²) < 4.78 is 21.4. The second kappa shape index (κ2) is 11.9. The number of benzene rings is 2. The first-order valence-corrected chi connectivity index (χ1v) is 10.4. The number of hydrazone groups is 1. The smallest absolute Gasteiger partial charge is 0.260 e. The number of amides is 1. The highest BCUT2D eigenvalue weighted by atomic mass is 32.1. The zero-order valence-corrected chi connectivity index (χ0v) is 18.8. The molecule has 0 atom stereocenters. The molecule has 0 spiro atoms. The number of ether oxygens (including phenoxy) is 4. The Morgan fingerprint density at radius 3 is 2.56 bits per heavy atom. The summed E-state index contributed by atoms with van der Waals surface area (Å²) in [5.74, 6) is 1.67. The summed E-state index contributed by atoms with van der Waals surface area (Å²) in [6, 6.07) is 12.7. The standard InChI is InChI=1S/C22H26N4O5S/c1-28-18-6-4-17(5-7-18)24-22(32)25-23-14-16-3-8-19(20(13-16)29-2)31-15-21(27)26-9-11-30-12-10-26/h3-8,13-14H,9-12,15H2,1-2H3,(H2,24,25,32)/b23-14+. The molecule has 10 heteroatoms. The molecule has 1 aliphatic rings. The molecule has 32 heavy (non-hydrogen) atoms. The normalized spacial score (nSPS) is 13.5. The third-order valence-corrected chi connectivity index (χ3v) is 4.82. The number of nitrogens with zero attached hydrogens (tertiary/aromatic N) is 2. The van der Waals surface area contributed by atoms with E-state index in [-0.39, 0.29) is 12.5 Å². The molecule has 9 nitrogen and oxygen atoms in total. The number of carbonyl (C=O) groups is 1. The number of anilines is 1. The van der Waals surface area contributed by atoms with Crippen molar-refractivity contribution in [3.8, 4) is 17.2 Å². The third kappa shape index (κ3) is 6.82. The Bertz CT molecular complexity index is 946. The van der Waals surface area contributed by atoms with Crippen molar-refractivity contribution in [3.05, 3.63) is 48.0 Å². The van der Waals surface area contributed by atoms with E-state index in [4.69, 9.17) is 31.2 Å². The number of hydrogen-bond acceptors (Lipinski definition) is 7. The predicted octanol–water partition coefficient (Wildman–Crippen LogP) is 2.26. The van der Waals surface area contributed by atoms with Crippen LogP contribution in [0.25, 0.3) is 0 Å². The molecule has 1 aliphatic heterocycles. The van der Waals surface area contributed by atoms with Gasteiger partial charge < -0.3 is 29.2 Å². The maximum atomic E-state index is 12.3. The first-order chi connectivity index (χ1) is 15.6. The first-order valence-electron chi connectivity index (χ1n) is 9.99. The highest BCUT2D eigenvalue weighted by Gasteiger charge is 2.18. The number of morpholine rings is 1. The van der Waals surface area contributed by atoms with E-state index in [0.29, 0.717) is 42.9 Å². The summed E-state index contributed by atoms with van der Waals surface area (Å²) in [5.41, 5.74) is 4.35. The summed E-state index contributed by atoms with van der Waals surface area (Å²) >= 11 is 5.24. The van der Waals surface area contributed by atoms with Crippen LogP contribution in [0.4, 0.5) is 5.69 Å². The van der Waals surface area contributed by atoms with Gasteiger partial charge in [0.25, 0.3) is 5.91 Å². The van der Waals surface area contributed by atoms with E-state index in [9.17, 15) is 4.79 Å². The summed E-state index contributed by atoms with van der Waals surface area (Å²) in [6.07, 6.45) is 1.60. The van der Waals surface area contributed by atoms with Crippen LogP contribution in [-0.2, 0) is 9.53 Å². The Morgan fingerprint density at radius 2 is 1.88 bits per heavy atom. The van der Waals surface area contributed by atoms with Crippen molar-refractivity contribution in [2.75, 3.05) is 52.4 Å². The number of rotatable bonds is 8. The maximum Gasteiger partial charge on any atom is 0.260 e. The number of methoxy groups -OCH3 is 2. The minimum absolute atomic E-state index is 0.0589. The molecule has 0 radical (unpaired) electrons. The van der Waals surface area contributed by atoms with E-state index in [1.165, 1.54) is 0 Å². The minimum atomic E-state index is -0.0805. The first kappa shape index (κ1) is 23.3. The van der Waals surface area contributed by atoms with Gasteiger partial charge in [-0.25, -0.2) is 0 Å². The Kier molecular flexibility index (Phi) is 8.64. The van der Waals surface area contributed by atoms with E-state index in [1.54, 1.807) is 37.5 Å². The molecule has 2 N–H and O–H groups in total. The fourth-order valence-electron chi connectivity index (χ4n) is 2.93. The van der Waals surface area contributed by atoms with E-state index < -0.39 is 0 Å². The maximum absolute atomic E-state index is 12.3. The fourth-order valence-corrected chi connectivity index (χ4v) is 3.10. The summed E-state index contributed by atoms with van der Waals surface area (Å²) in [4.78, 5) is 14.0. The van der Waals surface area contributed by atoms with Crippen LogP contribution in [0, 0.1) is 0 Å². The molecule has 0 aliphatic carbocycles. The topological polar surface area (TPSA) is 93.6 Å². The van der Waals surface area contributed by atoms with E-state index in [1.807, 2.05) is 30.3 Å². The Labute approximate surface area is 192 Å². The zero-order chi connectivity index (χ0) is 22.8. The van der Waals surface area contributed by atoms with Crippen LogP contribution >= 0.6 is 12.2 Å². The summed E-state index contributed by atoms with van der Waals surface area (Å²) in [7, 11) is 3.15. The van der Waals surface area contributed by atoms with Crippen molar-refractivity contribution in [2.24, 2.45) is 5.10 Å². The quantitative estimate of drug-likeness (QED) is 0.354. The van der Waals surface area contributed by atoms with Gasteiger partial charge in [-0.1, -0.05) is 0 Å². The van der Waals surface area contributed by atoms with Gasteiger partial charge in [-0.3, -0.25) is 10.2 Å². The van der Waals surface area contributed by atoms with Crippen molar-refractivity contribution in [2.45, 2.75) is 0 Å². The van der Waals surface area contributed by atoms with Crippen molar-refractivity contribution >= 4 is 35.1 Å². The Morgan fingerprint density at radius 1 is 1.12 bits per heavy atom. The van der Waals surface area contributed by atoms with Crippen LogP contribution in [0.3, 0.4) is 0 Å². The lowest BCUT2D eigenvalue weighted by molar-refractivity contribution is -0.137. The SMILES string of the molecule is COc1ccc(NC(=S)N/N=C/c2ccc(OCC(=O)N3CCOCC3)c(OC)c2)cc1. The van der Waals surface area contributed by atoms with Crippen LogP contribution in [-0.4, -0.2) is 69.3 Å². The van der Waals surface area contributed by atoms with Crippen LogP contribution in [0.1, 0.15) is 5.56 Å². The fraction of sp³-hybridized carbons (Fsp3) is 0.318. The molecule has 1 saturated heterocycles. The van der Waals surface area contributed by atoms with Crippen molar-refractivity contribution in [1.29, 1.82) is 0 Å². The molecule has 2 aromatic carbocycles. The highest BCUT2D eigenvalue weighted by molar-refractivity contribution is 7.80. The third-order valence-electron chi connectivity index (χ3n) is 4.63. The molecule has 0 saturated carbocycles. The van der Waals surface area contributed by atoms with E-state index in [2.05, 4.69) is 15.8 Å². The van der Waals surface area contributed by atoms with Gasteiger partial charge in [-0.05, 0) is 60.2 Å². The van der Waals surface area contributed by atoms with Gasteiger partial charge in [0, 0.05) is 18.8 Å². The van der Waals surface area contributed by atoms with Gasteiger partial charge in [0.15, 0.2) is 23.2 Å².